The molecule has 1 aromatic carbocycles. The first-order valence-corrected chi connectivity index (χ1v) is 8.73. The van der Waals surface area contributed by atoms with Crippen molar-refractivity contribution >= 4 is 17.6 Å². The molecule has 136 valence electrons. The Bertz CT molecular complexity index is 682. The highest BCUT2D eigenvalue weighted by Crippen LogP contribution is 2.29. The van der Waals surface area contributed by atoms with E-state index in [9.17, 15) is 19.1 Å². The number of aliphatic hydroxyl groups is 1. The van der Waals surface area contributed by atoms with Crippen molar-refractivity contribution in [3.63, 3.8) is 0 Å². The second kappa shape index (κ2) is 7.00. The van der Waals surface area contributed by atoms with Crippen LogP contribution in [0.3, 0.4) is 0 Å². The van der Waals surface area contributed by atoms with Gasteiger partial charge < -0.3 is 20.2 Å². The Hall–Kier alpha value is -2.15. The number of halogens is 1. The lowest BCUT2D eigenvalue weighted by Crippen LogP contribution is -2.53. The van der Waals surface area contributed by atoms with E-state index in [0.29, 0.717) is 24.2 Å². The van der Waals surface area contributed by atoms with Gasteiger partial charge in [-0.05, 0) is 30.0 Å². The number of urea groups is 1. The van der Waals surface area contributed by atoms with Crippen molar-refractivity contribution in [2.75, 3.05) is 18.4 Å². The highest BCUT2D eigenvalue weighted by Gasteiger charge is 2.39. The number of carbonyl (C=O) groups is 2. The zero-order valence-electron chi connectivity index (χ0n) is 14.5. The summed E-state index contributed by atoms with van der Waals surface area (Å²) >= 11 is 0. The van der Waals surface area contributed by atoms with Crippen LogP contribution in [0.15, 0.2) is 18.2 Å². The number of amides is 3. The molecular weight excluding hydrogens is 325 g/mol. The Morgan fingerprint density at radius 2 is 2.24 bits per heavy atom. The van der Waals surface area contributed by atoms with Gasteiger partial charge in [-0.3, -0.25) is 4.79 Å². The summed E-state index contributed by atoms with van der Waals surface area (Å²) < 4.78 is 13.6. The maximum atomic E-state index is 13.6. The van der Waals surface area contributed by atoms with Gasteiger partial charge in [0.05, 0.1) is 12.6 Å². The van der Waals surface area contributed by atoms with Crippen molar-refractivity contribution in [1.29, 1.82) is 0 Å². The van der Waals surface area contributed by atoms with Crippen LogP contribution in [0.1, 0.15) is 32.3 Å². The topological polar surface area (TPSA) is 72.9 Å². The summed E-state index contributed by atoms with van der Waals surface area (Å²) in [5.74, 6) is -0.774. The average Bonchev–Trinajstić information content (AvgIpc) is 2.95. The third kappa shape index (κ3) is 3.46. The van der Waals surface area contributed by atoms with Crippen molar-refractivity contribution in [2.45, 2.75) is 45.4 Å². The molecule has 3 atom stereocenters. The molecule has 0 bridgehead atoms. The predicted molar refractivity (Wildman–Crippen MR) is 91.4 cm³/mol. The number of nitrogens with one attached hydrogen (secondary N) is 1. The number of β-amino-alcohol motifs (C(OH)–C–C–N with tert-alkyl or cyclic N) is 1. The van der Waals surface area contributed by atoms with Crippen molar-refractivity contribution in [2.24, 2.45) is 5.92 Å². The summed E-state index contributed by atoms with van der Waals surface area (Å²) in [5.41, 5.74) is 1.11. The Labute approximate surface area is 146 Å². The van der Waals surface area contributed by atoms with Crippen LogP contribution in [0.2, 0.25) is 0 Å². The van der Waals surface area contributed by atoms with Gasteiger partial charge in [0.15, 0.2) is 0 Å². The molecule has 3 unspecified atom stereocenters. The number of hydrogen-bond donors (Lipinski definition) is 2. The van der Waals surface area contributed by atoms with E-state index >= 15 is 0 Å². The molecule has 0 aromatic heterocycles. The van der Waals surface area contributed by atoms with Gasteiger partial charge in [-0.2, -0.15) is 0 Å². The first kappa shape index (κ1) is 17.7. The standard InChI is InChI=1S/C18H24FN3O3/c1-3-11(2)16-17(24)20-15-8-13(19)5-4-12(15)9-22(16)18(25)21-7-6-14(23)10-21/h4-5,8,11,14,16,23H,3,6-7,9-10H2,1-2H3,(H,20,24). The monoisotopic (exact) mass is 349 g/mol. The number of aliphatic hydroxyl groups excluding tert-OH is 1. The third-order valence-corrected chi connectivity index (χ3v) is 5.14. The largest absolute Gasteiger partial charge is 0.391 e. The summed E-state index contributed by atoms with van der Waals surface area (Å²) in [6, 6.07) is 3.33. The molecule has 1 fully saturated rings. The number of anilines is 1. The van der Waals surface area contributed by atoms with Crippen LogP contribution >= 0.6 is 0 Å². The lowest BCUT2D eigenvalue weighted by atomic mass is 9.97. The van der Waals surface area contributed by atoms with E-state index in [0.717, 1.165) is 6.42 Å². The maximum absolute atomic E-state index is 13.6. The van der Waals surface area contributed by atoms with Crippen molar-refractivity contribution < 1.29 is 19.1 Å². The molecule has 7 heteroatoms. The fourth-order valence-electron chi connectivity index (χ4n) is 3.51. The molecule has 0 saturated carbocycles. The van der Waals surface area contributed by atoms with Crippen LogP contribution < -0.4 is 5.32 Å². The predicted octanol–water partition coefficient (Wildman–Crippen LogP) is 2.18. The molecule has 1 aromatic rings. The van der Waals surface area contributed by atoms with Gasteiger partial charge in [0.1, 0.15) is 11.9 Å². The number of nitrogens with zero attached hydrogens (tertiary/aromatic N) is 2. The van der Waals surface area contributed by atoms with Gasteiger partial charge in [0.2, 0.25) is 5.91 Å². The number of fused-ring (bicyclic) bond motifs is 1. The minimum atomic E-state index is -0.634. The highest BCUT2D eigenvalue weighted by molar-refractivity contribution is 5.98. The number of carbonyl (C=O) groups excluding carboxylic acids is 2. The molecule has 25 heavy (non-hydrogen) atoms. The van der Waals surface area contributed by atoms with E-state index in [-0.39, 0.29) is 30.9 Å². The zero-order chi connectivity index (χ0) is 18.1. The average molecular weight is 349 g/mol. The molecular formula is C18H24FN3O3. The van der Waals surface area contributed by atoms with Crippen LogP contribution in [-0.4, -0.2) is 52.1 Å². The first-order chi connectivity index (χ1) is 11.9. The van der Waals surface area contributed by atoms with Gasteiger partial charge in [-0.25, -0.2) is 9.18 Å². The lowest BCUT2D eigenvalue weighted by molar-refractivity contribution is -0.122. The van der Waals surface area contributed by atoms with Gasteiger partial charge in [0, 0.05) is 18.8 Å². The van der Waals surface area contributed by atoms with Crippen LogP contribution in [0.4, 0.5) is 14.9 Å². The first-order valence-electron chi connectivity index (χ1n) is 8.73. The summed E-state index contributed by atoms with van der Waals surface area (Å²) in [6.07, 6.45) is 0.754. The van der Waals surface area contributed by atoms with Crippen molar-refractivity contribution in [3.8, 4) is 0 Å². The summed E-state index contributed by atoms with van der Waals surface area (Å²) in [4.78, 5) is 29.0. The molecule has 2 aliphatic heterocycles. The van der Waals surface area contributed by atoms with E-state index in [1.807, 2.05) is 13.8 Å². The molecule has 2 N–H and O–H groups in total. The second-order valence-corrected chi connectivity index (χ2v) is 6.92. The van der Waals surface area contributed by atoms with Crippen LogP contribution in [0.25, 0.3) is 0 Å². The molecule has 6 nitrogen and oxygen atoms in total. The van der Waals surface area contributed by atoms with Gasteiger partial charge >= 0.3 is 6.03 Å². The number of benzene rings is 1. The Morgan fingerprint density at radius 3 is 2.88 bits per heavy atom. The quantitative estimate of drug-likeness (QED) is 0.860. The zero-order valence-corrected chi connectivity index (χ0v) is 14.5. The van der Waals surface area contributed by atoms with E-state index in [1.54, 1.807) is 15.9 Å². The minimum absolute atomic E-state index is 0.0457. The van der Waals surface area contributed by atoms with Crippen LogP contribution in [-0.2, 0) is 11.3 Å². The van der Waals surface area contributed by atoms with Gasteiger partial charge in [0.25, 0.3) is 0 Å². The fourth-order valence-corrected chi connectivity index (χ4v) is 3.51. The maximum Gasteiger partial charge on any atom is 0.321 e. The Kier molecular flexibility index (Phi) is 4.94. The molecule has 3 rings (SSSR count). The molecule has 1 saturated heterocycles. The van der Waals surface area contributed by atoms with E-state index in [2.05, 4.69) is 5.32 Å². The van der Waals surface area contributed by atoms with Gasteiger partial charge in [-0.15, -0.1) is 0 Å². The third-order valence-electron chi connectivity index (χ3n) is 5.14. The Morgan fingerprint density at radius 1 is 1.48 bits per heavy atom. The van der Waals surface area contributed by atoms with Crippen LogP contribution in [0.5, 0.6) is 0 Å². The molecule has 0 aliphatic carbocycles. The highest BCUT2D eigenvalue weighted by atomic mass is 19.1. The number of likely N-dealkylation sites (tertiary alicyclic amines) is 1. The minimum Gasteiger partial charge on any atom is -0.391 e. The molecule has 2 heterocycles. The van der Waals surface area contributed by atoms with Crippen LogP contribution in [0, 0.1) is 11.7 Å². The Balaban J connectivity index is 1.96. The van der Waals surface area contributed by atoms with E-state index in [4.69, 9.17) is 0 Å². The summed E-state index contributed by atoms with van der Waals surface area (Å²) in [7, 11) is 0. The van der Waals surface area contributed by atoms with Crippen molar-refractivity contribution in [3.05, 3.63) is 29.6 Å². The SMILES string of the molecule is CCC(C)C1C(=O)Nc2cc(F)ccc2CN1C(=O)N1CCC(O)C1. The molecule has 2 aliphatic rings. The molecule has 3 amide bonds. The summed E-state index contributed by atoms with van der Waals surface area (Å²) in [6.45, 7) is 4.88. The summed E-state index contributed by atoms with van der Waals surface area (Å²) in [5, 5.41) is 12.5. The van der Waals surface area contributed by atoms with Gasteiger partial charge in [-0.1, -0.05) is 26.3 Å². The second-order valence-electron chi connectivity index (χ2n) is 6.92. The molecule has 0 radical (unpaired) electrons. The van der Waals surface area contributed by atoms with E-state index in [1.165, 1.54) is 12.1 Å². The smallest absolute Gasteiger partial charge is 0.321 e. The normalized spacial score (nSPS) is 24.6. The van der Waals surface area contributed by atoms with Crippen molar-refractivity contribution in [1.82, 2.24) is 9.80 Å². The fraction of sp³-hybridized carbons (Fsp3) is 0.556. The lowest BCUT2D eigenvalue weighted by Gasteiger charge is -2.35. The number of hydrogen-bond acceptors (Lipinski definition) is 3. The molecule has 0 spiro atoms. The number of rotatable bonds is 2. The van der Waals surface area contributed by atoms with E-state index < -0.39 is 18.0 Å².